The fraction of sp³-hybridized carbons (Fsp3) is 0.364. The molecule has 3 rings (SSSR count). The molecular weight excluding hydrogens is 416 g/mol. The number of ether oxygens (including phenoxy) is 1. The molecule has 0 atom stereocenters. The standard InChI is InChI=1S/C22H26N4O4S/c1-13(2)11-26-20(28)19-17(24-22(26)31-5)10-14(3)25(19)12-18(27)23-16-8-6-15(7-9-16)21(29)30-4/h6-10,13H,11-12H2,1-5H3,(H,23,27). The van der Waals surface area contributed by atoms with Gasteiger partial charge in [-0.25, -0.2) is 9.78 Å². The Kier molecular flexibility index (Phi) is 6.84. The van der Waals surface area contributed by atoms with Gasteiger partial charge in [0.05, 0.1) is 18.2 Å². The minimum atomic E-state index is -0.442. The van der Waals surface area contributed by atoms with Crippen LogP contribution in [-0.4, -0.2) is 39.4 Å². The monoisotopic (exact) mass is 442 g/mol. The van der Waals surface area contributed by atoms with E-state index in [2.05, 4.69) is 15.0 Å². The number of rotatable bonds is 7. The van der Waals surface area contributed by atoms with Crippen molar-refractivity contribution in [1.29, 1.82) is 0 Å². The first kappa shape index (κ1) is 22.6. The number of nitrogens with zero attached hydrogens (tertiary/aromatic N) is 3. The van der Waals surface area contributed by atoms with Crippen molar-refractivity contribution in [2.45, 2.75) is 39.0 Å². The van der Waals surface area contributed by atoms with E-state index in [9.17, 15) is 14.4 Å². The van der Waals surface area contributed by atoms with Gasteiger partial charge in [0.2, 0.25) is 5.91 Å². The van der Waals surface area contributed by atoms with Gasteiger partial charge in [-0.1, -0.05) is 25.6 Å². The maximum absolute atomic E-state index is 13.3. The number of benzene rings is 1. The Balaban J connectivity index is 1.90. The van der Waals surface area contributed by atoms with Crippen molar-refractivity contribution in [3.63, 3.8) is 0 Å². The van der Waals surface area contributed by atoms with Gasteiger partial charge >= 0.3 is 5.97 Å². The number of aromatic nitrogens is 3. The molecule has 164 valence electrons. The third-order valence-electron chi connectivity index (χ3n) is 4.80. The van der Waals surface area contributed by atoms with E-state index in [0.717, 1.165) is 5.69 Å². The van der Waals surface area contributed by atoms with Crippen LogP contribution in [0.4, 0.5) is 5.69 Å². The Morgan fingerprint density at radius 3 is 2.45 bits per heavy atom. The third-order valence-corrected chi connectivity index (χ3v) is 5.48. The number of fused-ring (bicyclic) bond motifs is 1. The minimum Gasteiger partial charge on any atom is -0.465 e. The molecule has 0 aliphatic rings. The smallest absolute Gasteiger partial charge is 0.337 e. The number of aryl methyl sites for hydroxylation is 1. The Labute approximate surface area is 184 Å². The summed E-state index contributed by atoms with van der Waals surface area (Å²) >= 11 is 1.43. The second-order valence-corrected chi connectivity index (χ2v) is 8.40. The zero-order valence-corrected chi connectivity index (χ0v) is 19.1. The summed E-state index contributed by atoms with van der Waals surface area (Å²) < 4.78 is 8.05. The highest BCUT2D eigenvalue weighted by Crippen LogP contribution is 2.20. The molecule has 3 aromatic rings. The fourth-order valence-electron chi connectivity index (χ4n) is 3.38. The van der Waals surface area contributed by atoms with Crippen LogP contribution >= 0.6 is 11.8 Å². The van der Waals surface area contributed by atoms with Crippen LogP contribution in [0.1, 0.15) is 29.9 Å². The molecule has 0 radical (unpaired) electrons. The summed E-state index contributed by atoms with van der Waals surface area (Å²) in [6, 6.07) is 8.25. The second-order valence-electron chi connectivity index (χ2n) is 7.63. The Bertz CT molecular complexity index is 1180. The van der Waals surface area contributed by atoms with Gasteiger partial charge in [-0.3, -0.25) is 14.2 Å². The van der Waals surface area contributed by atoms with Crippen LogP contribution in [-0.2, 0) is 22.6 Å². The van der Waals surface area contributed by atoms with Gasteiger partial charge in [0.25, 0.3) is 5.56 Å². The lowest BCUT2D eigenvalue weighted by molar-refractivity contribution is -0.116. The van der Waals surface area contributed by atoms with Gasteiger partial charge in [-0.05, 0) is 49.4 Å². The van der Waals surface area contributed by atoms with Crippen LogP contribution in [0.25, 0.3) is 11.0 Å². The van der Waals surface area contributed by atoms with Crippen LogP contribution in [0.15, 0.2) is 40.3 Å². The molecule has 2 heterocycles. The summed E-state index contributed by atoms with van der Waals surface area (Å²) in [5, 5.41) is 3.47. The lowest BCUT2D eigenvalue weighted by Gasteiger charge is -2.14. The molecule has 0 bridgehead atoms. The van der Waals surface area contributed by atoms with Crippen molar-refractivity contribution >= 4 is 40.4 Å². The summed E-state index contributed by atoms with van der Waals surface area (Å²) in [6.07, 6.45) is 1.90. The highest BCUT2D eigenvalue weighted by molar-refractivity contribution is 7.98. The molecular formula is C22H26N4O4S. The van der Waals surface area contributed by atoms with Crippen LogP contribution in [0.2, 0.25) is 0 Å². The molecule has 0 aliphatic heterocycles. The van der Waals surface area contributed by atoms with Crippen molar-refractivity contribution in [2.24, 2.45) is 5.92 Å². The molecule has 0 aliphatic carbocycles. The first-order valence-electron chi connectivity index (χ1n) is 9.88. The Hall–Kier alpha value is -3.07. The molecule has 2 aromatic heterocycles. The molecule has 8 nitrogen and oxygen atoms in total. The van der Waals surface area contributed by atoms with Crippen molar-refractivity contribution in [1.82, 2.24) is 14.1 Å². The van der Waals surface area contributed by atoms with Gasteiger partial charge in [-0.15, -0.1) is 0 Å². The van der Waals surface area contributed by atoms with E-state index in [1.807, 2.05) is 33.1 Å². The van der Waals surface area contributed by atoms with Crippen LogP contribution < -0.4 is 10.9 Å². The first-order chi connectivity index (χ1) is 14.7. The van der Waals surface area contributed by atoms with E-state index in [0.29, 0.717) is 34.0 Å². The Morgan fingerprint density at radius 2 is 1.87 bits per heavy atom. The third kappa shape index (κ3) is 4.82. The summed E-state index contributed by atoms with van der Waals surface area (Å²) in [5.41, 5.74) is 2.59. The largest absolute Gasteiger partial charge is 0.465 e. The quantitative estimate of drug-likeness (QED) is 0.343. The van der Waals surface area contributed by atoms with Gasteiger partial charge in [0, 0.05) is 17.9 Å². The molecule has 1 amide bonds. The van der Waals surface area contributed by atoms with E-state index < -0.39 is 5.97 Å². The van der Waals surface area contributed by atoms with Gasteiger partial charge in [0.1, 0.15) is 12.1 Å². The van der Waals surface area contributed by atoms with Gasteiger partial charge in [-0.2, -0.15) is 0 Å². The minimum absolute atomic E-state index is 0.0225. The zero-order valence-electron chi connectivity index (χ0n) is 18.3. The van der Waals surface area contributed by atoms with Gasteiger partial charge in [0.15, 0.2) is 5.16 Å². The number of carbonyl (C=O) groups excluding carboxylic acids is 2. The number of hydrogen-bond acceptors (Lipinski definition) is 6. The van der Waals surface area contributed by atoms with E-state index >= 15 is 0 Å². The number of nitrogens with one attached hydrogen (secondary N) is 1. The average Bonchev–Trinajstić information content (AvgIpc) is 3.04. The van der Waals surface area contributed by atoms with Crippen LogP contribution in [0, 0.1) is 12.8 Å². The van der Waals surface area contributed by atoms with Crippen molar-refractivity contribution in [3.05, 3.63) is 51.9 Å². The molecule has 31 heavy (non-hydrogen) atoms. The molecule has 1 aromatic carbocycles. The van der Waals surface area contributed by atoms with E-state index in [1.165, 1.54) is 18.9 Å². The molecule has 0 saturated heterocycles. The fourth-order valence-corrected chi connectivity index (χ4v) is 3.95. The summed E-state index contributed by atoms with van der Waals surface area (Å²) in [7, 11) is 1.31. The molecule has 0 saturated carbocycles. The van der Waals surface area contributed by atoms with Gasteiger partial charge < -0.3 is 14.6 Å². The number of anilines is 1. The van der Waals surface area contributed by atoms with Crippen LogP contribution in [0.5, 0.6) is 0 Å². The maximum Gasteiger partial charge on any atom is 0.337 e. The normalized spacial score (nSPS) is 11.2. The van der Waals surface area contributed by atoms with Crippen molar-refractivity contribution in [3.8, 4) is 0 Å². The maximum atomic E-state index is 13.3. The highest BCUT2D eigenvalue weighted by Gasteiger charge is 2.18. The number of carbonyl (C=O) groups is 2. The number of hydrogen-bond donors (Lipinski definition) is 1. The predicted octanol–water partition coefficient (Wildman–Crippen LogP) is 3.31. The average molecular weight is 443 g/mol. The number of methoxy groups -OCH3 is 1. The predicted molar refractivity (Wildman–Crippen MR) is 122 cm³/mol. The molecule has 9 heteroatoms. The van der Waals surface area contributed by atoms with Crippen molar-refractivity contribution < 1.29 is 14.3 Å². The van der Waals surface area contributed by atoms with E-state index in [-0.39, 0.29) is 23.9 Å². The van der Waals surface area contributed by atoms with Crippen molar-refractivity contribution in [2.75, 3.05) is 18.7 Å². The van der Waals surface area contributed by atoms with E-state index in [1.54, 1.807) is 33.4 Å². The number of esters is 1. The molecule has 0 spiro atoms. The Morgan fingerprint density at radius 1 is 1.19 bits per heavy atom. The first-order valence-corrected chi connectivity index (χ1v) is 11.1. The molecule has 0 fully saturated rings. The second kappa shape index (κ2) is 9.38. The SMILES string of the molecule is COC(=O)c1ccc(NC(=O)Cn2c(C)cc3nc(SC)n(CC(C)C)c(=O)c32)cc1. The zero-order chi connectivity index (χ0) is 22.7. The molecule has 0 unspecified atom stereocenters. The number of thioether (sulfide) groups is 1. The topological polar surface area (TPSA) is 95.2 Å². The summed E-state index contributed by atoms with van der Waals surface area (Å²) in [6.45, 7) is 6.48. The lowest BCUT2D eigenvalue weighted by Crippen LogP contribution is -2.28. The summed E-state index contributed by atoms with van der Waals surface area (Å²) in [5.74, 6) is -0.444. The number of amides is 1. The molecule has 1 N–H and O–H groups in total. The highest BCUT2D eigenvalue weighted by atomic mass is 32.2. The lowest BCUT2D eigenvalue weighted by atomic mass is 10.2. The van der Waals surface area contributed by atoms with Crippen LogP contribution in [0.3, 0.4) is 0 Å². The van der Waals surface area contributed by atoms with E-state index in [4.69, 9.17) is 0 Å². The summed E-state index contributed by atoms with van der Waals surface area (Å²) in [4.78, 5) is 42.1.